The Bertz CT molecular complexity index is 549. The summed E-state index contributed by atoms with van der Waals surface area (Å²) in [5.74, 6) is 0.0983. The zero-order valence-corrected chi connectivity index (χ0v) is 14.0. The Labute approximate surface area is 141 Å². The van der Waals surface area contributed by atoms with E-state index in [4.69, 9.17) is 21.1 Å². The third kappa shape index (κ3) is 6.10. The topological polar surface area (TPSA) is 64.6 Å². The van der Waals surface area contributed by atoms with Crippen molar-refractivity contribution >= 4 is 23.5 Å². The quantitative estimate of drug-likeness (QED) is 0.809. The molecule has 1 aliphatic rings. The lowest BCUT2D eigenvalue weighted by Gasteiger charge is -2.29. The minimum absolute atomic E-state index is 0.178. The molecule has 23 heavy (non-hydrogen) atoms. The van der Waals surface area contributed by atoms with Crippen molar-refractivity contribution < 1.29 is 19.1 Å². The Morgan fingerprint density at radius 2 is 2.04 bits per heavy atom. The maximum absolute atomic E-state index is 11.8. The molecule has 0 unspecified atom stereocenters. The number of carbonyl (C=O) groups excluding carboxylic acids is 2. The maximum Gasteiger partial charge on any atom is 0.344 e. The van der Waals surface area contributed by atoms with Crippen molar-refractivity contribution in [3.63, 3.8) is 0 Å². The van der Waals surface area contributed by atoms with E-state index in [-0.39, 0.29) is 25.2 Å². The molecule has 1 amide bonds. The molecule has 6 heteroatoms. The van der Waals surface area contributed by atoms with E-state index in [0.717, 1.165) is 19.3 Å². The Hall–Kier alpha value is -1.75. The highest BCUT2D eigenvalue weighted by atomic mass is 35.5. The molecule has 0 spiro atoms. The Balaban J connectivity index is 1.66. The van der Waals surface area contributed by atoms with Gasteiger partial charge in [0.05, 0.1) is 0 Å². The summed E-state index contributed by atoms with van der Waals surface area (Å²) in [5, 5.41) is 3.46. The Morgan fingerprint density at radius 3 is 2.78 bits per heavy atom. The summed E-state index contributed by atoms with van der Waals surface area (Å²) in [6, 6.07) is 6.91. The lowest BCUT2D eigenvalue weighted by molar-refractivity contribution is -0.150. The molecule has 2 rings (SSSR count). The molecule has 1 fully saturated rings. The molecule has 0 saturated heterocycles. The van der Waals surface area contributed by atoms with Crippen LogP contribution in [0.25, 0.3) is 0 Å². The average molecular weight is 340 g/mol. The van der Waals surface area contributed by atoms with Gasteiger partial charge in [-0.1, -0.05) is 37.4 Å². The first-order chi connectivity index (χ1) is 11.0. The molecule has 1 saturated carbocycles. The third-order valence-electron chi connectivity index (χ3n) is 3.97. The Morgan fingerprint density at radius 1 is 1.26 bits per heavy atom. The molecule has 0 radical (unpaired) electrons. The maximum atomic E-state index is 11.8. The van der Waals surface area contributed by atoms with Crippen molar-refractivity contribution in [1.82, 2.24) is 5.32 Å². The van der Waals surface area contributed by atoms with Crippen LogP contribution in [0, 0.1) is 5.92 Å². The van der Waals surface area contributed by atoms with Gasteiger partial charge in [0, 0.05) is 11.1 Å². The number of hydrogen-bond donors (Lipinski definition) is 1. The summed E-state index contributed by atoms with van der Waals surface area (Å²) in [6.45, 7) is 1.60. The summed E-state index contributed by atoms with van der Waals surface area (Å²) in [5.41, 5.74) is 0. The zero-order chi connectivity index (χ0) is 16.7. The number of nitrogens with one attached hydrogen (secondary N) is 1. The molecular weight excluding hydrogens is 318 g/mol. The van der Waals surface area contributed by atoms with Gasteiger partial charge < -0.3 is 14.8 Å². The average Bonchev–Trinajstić information content (AvgIpc) is 2.53. The van der Waals surface area contributed by atoms with Crippen LogP contribution in [0.1, 0.15) is 32.6 Å². The van der Waals surface area contributed by atoms with E-state index >= 15 is 0 Å². The summed E-state index contributed by atoms with van der Waals surface area (Å²) >= 11 is 5.82. The van der Waals surface area contributed by atoms with Crippen LogP contribution in [0.5, 0.6) is 5.75 Å². The van der Waals surface area contributed by atoms with Gasteiger partial charge in [-0.05, 0) is 37.0 Å². The highest BCUT2D eigenvalue weighted by Crippen LogP contribution is 2.23. The number of amides is 1. The highest BCUT2D eigenvalue weighted by molar-refractivity contribution is 6.30. The number of rotatable bonds is 6. The molecular formula is C17H22ClNO4. The number of esters is 1. The fourth-order valence-corrected chi connectivity index (χ4v) is 2.85. The molecule has 1 aromatic rings. The van der Waals surface area contributed by atoms with E-state index in [1.165, 1.54) is 6.42 Å². The second-order valence-electron chi connectivity index (χ2n) is 5.84. The van der Waals surface area contributed by atoms with Crippen LogP contribution < -0.4 is 10.1 Å². The minimum atomic E-state index is -0.586. The van der Waals surface area contributed by atoms with Crippen molar-refractivity contribution in [3.05, 3.63) is 29.3 Å². The second kappa shape index (κ2) is 8.77. The van der Waals surface area contributed by atoms with Gasteiger partial charge in [0.25, 0.3) is 5.91 Å². The van der Waals surface area contributed by atoms with E-state index in [9.17, 15) is 9.59 Å². The number of halogens is 1. The van der Waals surface area contributed by atoms with Crippen LogP contribution in [-0.4, -0.2) is 31.1 Å². The van der Waals surface area contributed by atoms with E-state index in [0.29, 0.717) is 16.7 Å². The lowest BCUT2D eigenvalue weighted by atomic mass is 9.86. The lowest BCUT2D eigenvalue weighted by Crippen LogP contribution is -2.43. The normalized spacial score (nSPS) is 20.6. The van der Waals surface area contributed by atoms with Crippen molar-refractivity contribution in [2.24, 2.45) is 5.92 Å². The SMILES string of the molecule is C[C@@H]1CCCC[C@@H]1NC(=O)COC(=O)COc1cccc(Cl)c1. The van der Waals surface area contributed by atoms with Gasteiger partial charge >= 0.3 is 5.97 Å². The first-order valence-electron chi connectivity index (χ1n) is 7.88. The summed E-state index contributed by atoms with van der Waals surface area (Å²) < 4.78 is 10.2. The van der Waals surface area contributed by atoms with Gasteiger partial charge in [0.2, 0.25) is 0 Å². The van der Waals surface area contributed by atoms with Crippen LogP contribution in [0.4, 0.5) is 0 Å². The van der Waals surface area contributed by atoms with Crippen LogP contribution >= 0.6 is 11.6 Å². The number of ether oxygens (including phenoxy) is 2. The molecule has 1 aliphatic carbocycles. The van der Waals surface area contributed by atoms with Gasteiger partial charge in [-0.25, -0.2) is 4.79 Å². The van der Waals surface area contributed by atoms with E-state index in [1.807, 2.05) is 0 Å². The first kappa shape index (κ1) is 17.6. The van der Waals surface area contributed by atoms with Gasteiger partial charge in [0.1, 0.15) is 5.75 Å². The predicted molar refractivity (Wildman–Crippen MR) is 87.5 cm³/mol. The fourth-order valence-electron chi connectivity index (χ4n) is 2.67. The highest BCUT2D eigenvalue weighted by Gasteiger charge is 2.23. The van der Waals surface area contributed by atoms with Crippen LogP contribution in [0.2, 0.25) is 5.02 Å². The van der Waals surface area contributed by atoms with Crippen molar-refractivity contribution in [2.75, 3.05) is 13.2 Å². The number of carbonyl (C=O) groups is 2. The molecule has 126 valence electrons. The summed E-state index contributed by atoms with van der Waals surface area (Å²) in [7, 11) is 0. The third-order valence-corrected chi connectivity index (χ3v) is 4.21. The predicted octanol–water partition coefficient (Wildman–Crippen LogP) is 2.96. The largest absolute Gasteiger partial charge is 0.482 e. The molecule has 0 heterocycles. The van der Waals surface area contributed by atoms with Crippen molar-refractivity contribution in [3.8, 4) is 5.75 Å². The van der Waals surface area contributed by atoms with E-state index in [2.05, 4.69) is 12.2 Å². The smallest absolute Gasteiger partial charge is 0.344 e. The molecule has 1 aromatic carbocycles. The summed E-state index contributed by atoms with van der Waals surface area (Å²) in [4.78, 5) is 23.4. The number of benzene rings is 1. The molecule has 0 aromatic heterocycles. The fraction of sp³-hybridized carbons (Fsp3) is 0.529. The number of hydrogen-bond acceptors (Lipinski definition) is 4. The monoisotopic (exact) mass is 339 g/mol. The second-order valence-corrected chi connectivity index (χ2v) is 6.28. The van der Waals surface area contributed by atoms with Crippen molar-refractivity contribution in [1.29, 1.82) is 0 Å². The zero-order valence-electron chi connectivity index (χ0n) is 13.2. The van der Waals surface area contributed by atoms with Gasteiger partial charge in [0.15, 0.2) is 13.2 Å². The molecule has 0 aliphatic heterocycles. The van der Waals surface area contributed by atoms with Crippen LogP contribution in [0.3, 0.4) is 0 Å². The molecule has 5 nitrogen and oxygen atoms in total. The minimum Gasteiger partial charge on any atom is -0.482 e. The van der Waals surface area contributed by atoms with Crippen LogP contribution in [0.15, 0.2) is 24.3 Å². The molecule has 1 N–H and O–H groups in total. The van der Waals surface area contributed by atoms with Crippen LogP contribution in [-0.2, 0) is 14.3 Å². The molecule has 0 bridgehead atoms. The Kier molecular flexibility index (Phi) is 6.71. The molecule has 2 atom stereocenters. The van der Waals surface area contributed by atoms with Gasteiger partial charge in [-0.2, -0.15) is 0 Å². The van der Waals surface area contributed by atoms with Crippen molar-refractivity contribution in [2.45, 2.75) is 38.6 Å². The summed E-state index contributed by atoms with van der Waals surface area (Å²) in [6.07, 6.45) is 4.45. The first-order valence-corrected chi connectivity index (χ1v) is 8.26. The standard InChI is InChI=1S/C17H22ClNO4/c1-12-5-2-3-8-15(12)19-16(20)10-23-17(21)11-22-14-7-4-6-13(18)9-14/h4,6-7,9,12,15H,2-3,5,8,10-11H2,1H3,(H,19,20)/t12-,15+/m1/s1. The van der Waals surface area contributed by atoms with E-state index in [1.54, 1.807) is 24.3 Å². The van der Waals surface area contributed by atoms with Gasteiger partial charge in [-0.3, -0.25) is 4.79 Å². The van der Waals surface area contributed by atoms with E-state index < -0.39 is 5.97 Å². The van der Waals surface area contributed by atoms with Gasteiger partial charge in [-0.15, -0.1) is 0 Å².